The van der Waals surface area contributed by atoms with E-state index >= 15 is 0 Å². The van der Waals surface area contributed by atoms with Crippen molar-refractivity contribution in [2.75, 3.05) is 46.4 Å². The maximum atomic E-state index is 12.6. The maximum Gasteiger partial charge on any atom is 0.224 e. The fourth-order valence-electron chi connectivity index (χ4n) is 4.12. The first-order chi connectivity index (χ1) is 12.8. The molecule has 0 aliphatic carbocycles. The first-order valence-electron chi connectivity index (χ1n) is 9.88. The summed E-state index contributed by atoms with van der Waals surface area (Å²) >= 11 is 0. The monoisotopic (exact) mass is 360 g/mol. The molecule has 0 unspecified atom stereocenters. The van der Waals surface area contributed by atoms with Gasteiger partial charge in [0.1, 0.15) is 0 Å². The largest absolute Gasteiger partial charge is 0.383 e. The lowest BCUT2D eigenvalue weighted by Crippen LogP contribution is -2.51. The molecule has 2 fully saturated rings. The molecule has 0 saturated carbocycles. The molecule has 0 radical (unpaired) electrons. The van der Waals surface area contributed by atoms with Crippen LogP contribution in [0.25, 0.3) is 0 Å². The van der Waals surface area contributed by atoms with Crippen LogP contribution in [0.4, 0.5) is 0 Å². The second-order valence-corrected chi connectivity index (χ2v) is 7.48. The molecule has 1 aromatic rings. The summed E-state index contributed by atoms with van der Waals surface area (Å²) in [7, 11) is 1.76. The van der Waals surface area contributed by atoms with E-state index < -0.39 is 0 Å². The fourth-order valence-corrected chi connectivity index (χ4v) is 4.12. The van der Waals surface area contributed by atoms with Gasteiger partial charge in [-0.25, -0.2) is 0 Å². The van der Waals surface area contributed by atoms with Gasteiger partial charge in [0, 0.05) is 45.2 Å². The average molecular weight is 361 g/mol. The first-order valence-corrected chi connectivity index (χ1v) is 9.88. The number of hydrogen-bond acceptors (Lipinski definition) is 5. The molecular weight excluding hydrogens is 328 g/mol. The van der Waals surface area contributed by atoms with E-state index in [4.69, 9.17) is 4.74 Å². The van der Waals surface area contributed by atoms with Crippen LogP contribution in [0.2, 0.25) is 0 Å². The zero-order chi connectivity index (χ0) is 18.2. The highest BCUT2D eigenvalue weighted by Gasteiger charge is 2.31. The molecule has 0 bridgehead atoms. The van der Waals surface area contributed by atoms with E-state index in [1.165, 1.54) is 12.8 Å². The number of amides is 1. The van der Waals surface area contributed by atoms with Crippen LogP contribution in [-0.4, -0.2) is 73.2 Å². The topological polar surface area (TPSA) is 57.7 Å². The summed E-state index contributed by atoms with van der Waals surface area (Å²) in [4.78, 5) is 21.7. The molecule has 3 rings (SSSR count). The number of hydrogen-bond donors (Lipinski definition) is 1. The van der Waals surface area contributed by atoms with Crippen molar-refractivity contribution in [3.05, 3.63) is 30.1 Å². The fraction of sp³-hybridized carbons (Fsp3) is 0.700. The van der Waals surface area contributed by atoms with Crippen LogP contribution >= 0.6 is 0 Å². The van der Waals surface area contributed by atoms with Crippen molar-refractivity contribution in [2.24, 2.45) is 5.92 Å². The van der Waals surface area contributed by atoms with E-state index in [2.05, 4.69) is 20.1 Å². The molecule has 2 saturated heterocycles. The number of methoxy groups -OCH3 is 1. The van der Waals surface area contributed by atoms with Crippen molar-refractivity contribution in [1.29, 1.82) is 0 Å². The van der Waals surface area contributed by atoms with Gasteiger partial charge in [-0.2, -0.15) is 0 Å². The third kappa shape index (κ3) is 5.50. The van der Waals surface area contributed by atoms with Crippen LogP contribution in [0, 0.1) is 5.92 Å². The Kier molecular flexibility index (Phi) is 7.41. The molecule has 0 aromatic carbocycles. The zero-order valence-electron chi connectivity index (χ0n) is 15.9. The van der Waals surface area contributed by atoms with E-state index in [-0.39, 0.29) is 11.8 Å². The number of pyridine rings is 1. The van der Waals surface area contributed by atoms with Crippen molar-refractivity contribution in [3.63, 3.8) is 0 Å². The Labute approximate surface area is 156 Å². The quantitative estimate of drug-likeness (QED) is 0.799. The van der Waals surface area contributed by atoms with E-state index in [9.17, 15) is 4.79 Å². The standard InChI is InChI=1S/C20H32N4O2/c1-26-13-12-23-10-6-19(7-11-23)24-9-3-5-18(16-24)20(25)22-15-17-4-2-8-21-14-17/h2,4,8,14,18-19H,3,5-7,9-13,15-16H2,1H3,(H,22,25)/t18-/m0/s1. The molecular formula is C20H32N4O2. The van der Waals surface area contributed by atoms with Crippen molar-refractivity contribution in [2.45, 2.75) is 38.3 Å². The van der Waals surface area contributed by atoms with Crippen molar-refractivity contribution < 1.29 is 9.53 Å². The summed E-state index contributed by atoms with van der Waals surface area (Å²) in [5.41, 5.74) is 1.05. The summed E-state index contributed by atoms with van der Waals surface area (Å²) < 4.78 is 5.18. The number of nitrogens with one attached hydrogen (secondary N) is 1. The lowest BCUT2D eigenvalue weighted by molar-refractivity contribution is -0.127. The minimum absolute atomic E-state index is 0.118. The molecule has 6 nitrogen and oxygen atoms in total. The van der Waals surface area contributed by atoms with E-state index in [0.29, 0.717) is 12.6 Å². The Morgan fingerprint density at radius 2 is 2.15 bits per heavy atom. The highest BCUT2D eigenvalue weighted by molar-refractivity contribution is 5.78. The minimum Gasteiger partial charge on any atom is -0.383 e. The van der Waals surface area contributed by atoms with Crippen molar-refractivity contribution >= 4 is 5.91 Å². The predicted molar refractivity (Wildman–Crippen MR) is 102 cm³/mol. The molecule has 1 N–H and O–H groups in total. The first kappa shape index (κ1) is 19.3. The van der Waals surface area contributed by atoms with Crippen LogP contribution in [0.15, 0.2) is 24.5 Å². The molecule has 1 aromatic heterocycles. The Morgan fingerprint density at radius 3 is 2.88 bits per heavy atom. The van der Waals surface area contributed by atoms with Gasteiger partial charge in [0.05, 0.1) is 12.5 Å². The van der Waals surface area contributed by atoms with Crippen molar-refractivity contribution in [1.82, 2.24) is 20.1 Å². The number of ether oxygens (including phenoxy) is 1. The number of nitrogens with zero attached hydrogens (tertiary/aromatic N) is 3. The lowest BCUT2D eigenvalue weighted by atomic mass is 9.93. The Balaban J connectivity index is 1.43. The van der Waals surface area contributed by atoms with Gasteiger partial charge in [-0.3, -0.25) is 14.7 Å². The number of carbonyl (C=O) groups is 1. The van der Waals surface area contributed by atoms with E-state index in [0.717, 1.165) is 57.7 Å². The summed E-state index contributed by atoms with van der Waals surface area (Å²) in [6.45, 7) is 6.73. The highest BCUT2D eigenvalue weighted by Crippen LogP contribution is 2.24. The number of likely N-dealkylation sites (tertiary alicyclic amines) is 2. The molecule has 3 heterocycles. The molecule has 6 heteroatoms. The number of rotatable bonds is 7. The van der Waals surface area contributed by atoms with Gasteiger partial charge < -0.3 is 15.0 Å². The number of piperidine rings is 2. The smallest absolute Gasteiger partial charge is 0.224 e. The van der Waals surface area contributed by atoms with Crippen LogP contribution in [0.3, 0.4) is 0 Å². The minimum atomic E-state index is 0.118. The third-order valence-corrected chi connectivity index (χ3v) is 5.70. The Hall–Kier alpha value is -1.50. The van der Waals surface area contributed by atoms with Gasteiger partial charge in [-0.05, 0) is 56.9 Å². The molecule has 26 heavy (non-hydrogen) atoms. The normalized spacial score (nSPS) is 23.0. The van der Waals surface area contributed by atoms with Gasteiger partial charge in [-0.1, -0.05) is 6.07 Å². The number of aromatic nitrogens is 1. The summed E-state index contributed by atoms with van der Waals surface area (Å²) in [5, 5.41) is 3.09. The highest BCUT2D eigenvalue weighted by atomic mass is 16.5. The Bertz CT molecular complexity index is 546. The van der Waals surface area contributed by atoms with Gasteiger partial charge in [-0.15, -0.1) is 0 Å². The van der Waals surface area contributed by atoms with Gasteiger partial charge in [0.25, 0.3) is 0 Å². The third-order valence-electron chi connectivity index (χ3n) is 5.70. The zero-order valence-corrected chi connectivity index (χ0v) is 15.9. The van der Waals surface area contributed by atoms with Crippen LogP contribution < -0.4 is 5.32 Å². The molecule has 1 amide bonds. The number of carbonyl (C=O) groups excluding carboxylic acids is 1. The van der Waals surface area contributed by atoms with Gasteiger partial charge in [0.15, 0.2) is 0 Å². The summed E-state index contributed by atoms with van der Waals surface area (Å²) in [5.74, 6) is 0.308. The van der Waals surface area contributed by atoms with E-state index in [1.54, 1.807) is 13.3 Å². The molecule has 1 atom stereocenters. The molecule has 2 aliphatic rings. The summed E-state index contributed by atoms with van der Waals surface area (Å²) in [6.07, 6.45) is 8.09. The van der Waals surface area contributed by atoms with Crippen LogP contribution in [-0.2, 0) is 16.1 Å². The molecule has 2 aliphatic heterocycles. The van der Waals surface area contributed by atoms with Crippen LogP contribution in [0.5, 0.6) is 0 Å². The maximum absolute atomic E-state index is 12.6. The average Bonchev–Trinajstić information content (AvgIpc) is 2.71. The predicted octanol–water partition coefficient (Wildman–Crippen LogP) is 1.52. The summed E-state index contributed by atoms with van der Waals surface area (Å²) in [6, 6.07) is 4.53. The van der Waals surface area contributed by atoms with Gasteiger partial charge in [0.2, 0.25) is 5.91 Å². The van der Waals surface area contributed by atoms with Crippen LogP contribution in [0.1, 0.15) is 31.2 Å². The van der Waals surface area contributed by atoms with E-state index in [1.807, 2.05) is 18.3 Å². The SMILES string of the molecule is COCCN1CCC(N2CCC[C@H](C(=O)NCc3cccnc3)C2)CC1. The Morgan fingerprint density at radius 1 is 1.31 bits per heavy atom. The second kappa shape index (κ2) is 10.00. The lowest BCUT2D eigenvalue weighted by Gasteiger charge is -2.42. The second-order valence-electron chi connectivity index (χ2n) is 7.48. The van der Waals surface area contributed by atoms with Crippen molar-refractivity contribution in [3.8, 4) is 0 Å². The molecule has 144 valence electrons. The van der Waals surface area contributed by atoms with Gasteiger partial charge >= 0.3 is 0 Å². The molecule has 0 spiro atoms.